The Bertz CT molecular complexity index is 511. The van der Waals surface area contributed by atoms with E-state index in [2.05, 4.69) is 10.0 Å². The van der Waals surface area contributed by atoms with E-state index in [0.29, 0.717) is 25.6 Å². The zero-order chi connectivity index (χ0) is 15.1. The van der Waals surface area contributed by atoms with E-state index in [0.717, 1.165) is 31.4 Å². The number of piperidine rings is 1. The maximum atomic E-state index is 12.2. The minimum Gasteiger partial charge on any atom is -0.319 e. The summed E-state index contributed by atoms with van der Waals surface area (Å²) >= 11 is 0. The summed E-state index contributed by atoms with van der Waals surface area (Å²) in [6.45, 7) is 2.65. The fourth-order valence-corrected chi connectivity index (χ4v) is 3.94. The highest BCUT2D eigenvalue weighted by Gasteiger charge is 2.27. The lowest BCUT2D eigenvalue weighted by atomic mass is 9.98. The normalized spacial score (nSPS) is 18.0. The molecule has 0 radical (unpaired) electrons. The minimum atomic E-state index is -3.33. The van der Waals surface area contributed by atoms with Crippen LogP contribution >= 0.6 is 0 Å². The molecule has 1 aromatic carbocycles. The van der Waals surface area contributed by atoms with E-state index in [1.807, 2.05) is 37.4 Å². The van der Waals surface area contributed by atoms with Gasteiger partial charge in [0.05, 0.1) is 0 Å². The van der Waals surface area contributed by atoms with Gasteiger partial charge in [-0.25, -0.2) is 4.72 Å². The summed E-state index contributed by atoms with van der Waals surface area (Å²) in [5.41, 5.74) is 1.15. The molecule has 5 nitrogen and oxygen atoms in total. The summed E-state index contributed by atoms with van der Waals surface area (Å²) in [5.74, 6) is 0.589. The molecule has 0 atom stereocenters. The second-order valence-corrected chi connectivity index (χ2v) is 7.29. The van der Waals surface area contributed by atoms with Gasteiger partial charge in [0.15, 0.2) is 0 Å². The van der Waals surface area contributed by atoms with Crippen LogP contribution in [0.5, 0.6) is 0 Å². The third-order valence-corrected chi connectivity index (χ3v) is 5.56. The van der Waals surface area contributed by atoms with Crippen molar-refractivity contribution in [3.8, 4) is 0 Å². The van der Waals surface area contributed by atoms with Crippen LogP contribution in [0.2, 0.25) is 0 Å². The second kappa shape index (κ2) is 7.89. The van der Waals surface area contributed by atoms with Crippen LogP contribution in [-0.2, 0) is 16.6 Å². The third kappa shape index (κ3) is 5.07. The van der Waals surface area contributed by atoms with Crippen molar-refractivity contribution >= 4 is 10.2 Å². The molecule has 21 heavy (non-hydrogen) atoms. The lowest BCUT2D eigenvalue weighted by Gasteiger charge is -2.31. The summed E-state index contributed by atoms with van der Waals surface area (Å²) in [5, 5.41) is 3.16. The van der Waals surface area contributed by atoms with Gasteiger partial charge in [0.1, 0.15) is 0 Å². The van der Waals surface area contributed by atoms with Gasteiger partial charge in [-0.3, -0.25) is 0 Å². The van der Waals surface area contributed by atoms with E-state index in [-0.39, 0.29) is 0 Å². The number of hydrogen-bond donors (Lipinski definition) is 2. The van der Waals surface area contributed by atoms with Gasteiger partial charge >= 0.3 is 0 Å². The topological polar surface area (TPSA) is 61.4 Å². The number of benzene rings is 1. The molecule has 0 amide bonds. The van der Waals surface area contributed by atoms with Crippen LogP contribution in [0.3, 0.4) is 0 Å². The van der Waals surface area contributed by atoms with Crippen molar-refractivity contribution in [1.29, 1.82) is 0 Å². The molecule has 0 bridgehead atoms. The summed E-state index contributed by atoms with van der Waals surface area (Å²) < 4.78 is 28.8. The first-order valence-electron chi connectivity index (χ1n) is 7.55. The van der Waals surface area contributed by atoms with Crippen molar-refractivity contribution in [2.75, 3.05) is 33.2 Å². The van der Waals surface area contributed by atoms with Crippen molar-refractivity contribution in [2.24, 2.45) is 5.92 Å². The van der Waals surface area contributed by atoms with Crippen molar-refractivity contribution in [3.63, 3.8) is 0 Å². The van der Waals surface area contributed by atoms with Gasteiger partial charge in [0.25, 0.3) is 10.2 Å². The Morgan fingerprint density at radius 1 is 1.19 bits per heavy atom. The predicted molar refractivity (Wildman–Crippen MR) is 85.3 cm³/mol. The maximum absolute atomic E-state index is 12.2. The second-order valence-electron chi connectivity index (χ2n) is 5.54. The number of rotatable bonds is 7. The van der Waals surface area contributed by atoms with E-state index < -0.39 is 10.2 Å². The van der Waals surface area contributed by atoms with Gasteiger partial charge in [-0.1, -0.05) is 30.3 Å². The van der Waals surface area contributed by atoms with Crippen molar-refractivity contribution in [3.05, 3.63) is 35.9 Å². The molecule has 118 valence electrons. The predicted octanol–water partition coefficient (Wildman–Crippen LogP) is 0.995. The molecule has 1 heterocycles. The van der Waals surface area contributed by atoms with Crippen LogP contribution in [-0.4, -0.2) is 45.9 Å². The largest absolute Gasteiger partial charge is 0.319 e. The van der Waals surface area contributed by atoms with Crippen LogP contribution in [0.4, 0.5) is 0 Å². The summed E-state index contributed by atoms with van der Waals surface area (Å²) in [6.07, 6.45) is 2.58. The molecule has 1 aromatic rings. The van der Waals surface area contributed by atoms with Gasteiger partial charge in [-0.05, 0) is 44.3 Å². The first kappa shape index (κ1) is 16.4. The Hall–Kier alpha value is -0.950. The first-order valence-corrected chi connectivity index (χ1v) is 8.99. The molecule has 0 aliphatic carbocycles. The van der Waals surface area contributed by atoms with Crippen molar-refractivity contribution in [2.45, 2.75) is 19.3 Å². The monoisotopic (exact) mass is 311 g/mol. The molecule has 1 saturated heterocycles. The zero-order valence-electron chi connectivity index (χ0n) is 12.6. The molecule has 0 spiro atoms. The highest BCUT2D eigenvalue weighted by molar-refractivity contribution is 7.87. The summed E-state index contributed by atoms with van der Waals surface area (Å²) in [6, 6.07) is 9.92. The average Bonchev–Trinajstić information content (AvgIpc) is 2.49. The number of nitrogens with one attached hydrogen (secondary N) is 2. The Labute approximate surface area is 127 Å². The Balaban J connectivity index is 1.77. The molecule has 1 aliphatic heterocycles. The van der Waals surface area contributed by atoms with E-state index in [1.165, 1.54) is 0 Å². The van der Waals surface area contributed by atoms with Gasteiger partial charge in [0.2, 0.25) is 0 Å². The SMILES string of the molecule is CNCC1CCN(S(=O)(=O)NCCc2ccccc2)CC1. The third-order valence-electron chi connectivity index (χ3n) is 3.95. The van der Waals surface area contributed by atoms with E-state index in [4.69, 9.17) is 0 Å². The molecule has 2 rings (SSSR count). The van der Waals surface area contributed by atoms with Crippen LogP contribution in [0.25, 0.3) is 0 Å². The molecular formula is C15H25N3O2S. The molecule has 6 heteroatoms. The molecule has 0 unspecified atom stereocenters. The van der Waals surface area contributed by atoms with Crippen LogP contribution in [0.1, 0.15) is 18.4 Å². The average molecular weight is 311 g/mol. The number of hydrogen-bond acceptors (Lipinski definition) is 3. The maximum Gasteiger partial charge on any atom is 0.279 e. The van der Waals surface area contributed by atoms with Gasteiger partial charge < -0.3 is 5.32 Å². The molecule has 0 saturated carbocycles. The minimum absolute atomic E-state index is 0.447. The van der Waals surface area contributed by atoms with Gasteiger partial charge in [-0.15, -0.1) is 0 Å². The van der Waals surface area contributed by atoms with E-state index in [1.54, 1.807) is 4.31 Å². The lowest BCUT2D eigenvalue weighted by molar-refractivity contribution is 0.268. The van der Waals surface area contributed by atoms with Crippen LogP contribution in [0, 0.1) is 5.92 Å². The molecule has 0 aromatic heterocycles. The molecule has 2 N–H and O–H groups in total. The Morgan fingerprint density at radius 3 is 2.48 bits per heavy atom. The van der Waals surface area contributed by atoms with Crippen LogP contribution in [0.15, 0.2) is 30.3 Å². The summed E-state index contributed by atoms with van der Waals surface area (Å²) in [4.78, 5) is 0. The smallest absolute Gasteiger partial charge is 0.279 e. The van der Waals surface area contributed by atoms with Crippen LogP contribution < -0.4 is 10.0 Å². The highest BCUT2D eigenvalue weighted by Crippen LogP contribution is 2.18. The van der Waals surface area contributed by atoms with Crippen molar-refractivity contribution in [1.82, 2.24) is 14.3 Å². The zero-order valence-corrected chi connectivity index (χ0v) is 13.4. The molecule has 1 fully saturated rings. The summed E-state index contributed by atoms with van der Waals surface area (Å²) in [7, 11) is -1.39. The van der Waals surface area contributed by atoms with Gasteiger partial charge in [0, 0.05) is 19.6 Å². The first-order chi connectivity index (χ1) is 10.1. The molecular weight excluding hydrogens is 286 g/mol. The fourth-order valence-electron chi connectivity index (χ4n) is 2.70. The van der Waals surface area contributed by atoms with E-state index >= 15 is 0 Å². The Kier molecular flexibility index (Phi) is 6.17. The quantitative estimate of drug-likeness (QED) is 0.789. The number of nitrogens with zero attached hydrogens (tertiary/aromatic N) is 1. The Morgan fingerprint density at radius 2 is 1.86 bits per heavy atom. The molecule has 1 aliphatic rings. The lowest BCUT2D eigenvalue weighted by Crippen LogP contribution is -2.46. The van der Waals surface area contributed by atoms with Gasteiger partial charge in [-0.2, -0.15) is 12.7 Å². The van der Waals surface area contributed by atoms with E-state index in [9.17, 15) is 8.42 Å². The highest BCUT2D eigenvalue weighted by atomic mass is 32.2. The van der Waals surface area contributed by atoms with Crippen molar-refractivity contribution < 1.29 is 8.42 Å². The fraction of sp³-hybridized carbons (Fsp3) is 0.600. The standard InChI is InChI=1S/C15H25N3O2S/c1-16-13-15-8-11-18(12-9-15)21(19,20)17-10-7-14-5-3-2-4-6-14/h2-6,15-17H,7-13H2,1H3.